The molecule has 1 aliphatic rings. The number of benzene rings is 3. The van der Waals surface area contributed by atoms with Crippen LogP contribution in [0.3, 0.4) is 0 Å². The lowest BCUT2D eigenvalue weighted by molar-refractivity contribution is 0.0731. The highest BCUT2D eigenvalue weighted by Gasteiger charge is 2.28. The number of methoxy groups -OCH3 is 1. The molecule has 0 atom stereocenters. The van der Waals surface area contributed by atoms with Gasteiger partial charge in [0.25, 0.3) is 0 Å². The fraction of sp³-hybridized carbons (Fsp3) is 0.0435. The zero-order chi connectivity index (χ0) is 20.4. The molecular weight excluding hydrogens is 375 g/mol. The van der Waals surface area contributed by atoms with Crippen LogP contribution in [0.1, 0.15) is 26.3 Å². The Kier molecular flexibility index (Phi) is 4.83. The number of carbonyl (C=O) groups excluding carboxylic acids is 2. The van der Waals surface area contributed by atoms with Gasteiger partial charge in [-0.25, -0.2) is 9.18 Å². The molecule has 0 saturated heterocycles. The number of ether oxygens (including phenoxy) is 3. The third-order valence-corrected chi connectivity index (χ3v) is 4.33. The zero-order valence-corrected chi connectivity index (χ0v) is 15.3. The molecule has 0 spiro atoms. The van der Waals surface area contributed by atoms with Crippen LogP contribution in [0.15, 0.2) is 72.5 Å². The summed E-state index contributed by atoms with van der Waals surface area (Å²) in [5, 5.41) is 0. The number of Topliss-reactive ketones (excluding diaryl/α,β-unsaturated/α-hetero) is 1. The number of hydrogen-bond acceptors (Lipinski definition) is 5. The maximum atomic E-state index is 13.4. The van der Waals surface area contributed by atoms with Gasteiger partial charge >= 0.3 is 5.97 Å². The Morgan fingerprint density at radius 3 is 2.66 bits per heavy atom. The summed E-state index contributed by atoms with van der Waals surface area (Å²) >= 11 is 0. The van der Waals surface area contributed by atoms with E-state index in [0.29, 0.717) is 16.9 Å². The normalized spacial score (nSPS) is 13.7. The van der Waals surface area contributed by atoms with E-state index in [0.717, 1.165) is 0 Å². The Bertz CT molecular complexity index is 1150. The SMILES string of the molecule is COc1ccccc1C(=O)Oc1ccc2c(c1)OC(=Cc1cccc(F)c1)C2=O. The largest absolute Gasteiger partial charge is 0.496 e. The third-order valence-electron chi connectivity index (χ3n) is 4.33. The van der Waals surface area contributed by atoms with Gasteiger partial charge in [0.1, 0.15) is 28.6 Å². The number of fused-ring (bicyclic) bond motifs is 1. The molecule has 0 saturated carbocycles. The maximum absolute atomic E-state index is 13.4. The molecule has 0 amide bonds. The van der Waals surface area contributed by atoms with Crippen molar-refractivity contribution in [1.29, 1.82) is 0 Å². The number of hydrogen-bond donors (Lipinski definition) is 0. The van der Waals surface area contributed by atoms with Crippen molar-refractivity contribution < 1.29 is 28.2 Å². The molecule has 4 rings (SSSR count). The minimum Gasteiger partial charge on any atom is -0.496 e. The summed E-state index contributed by atoms with van der Waals surface area (Å²) in [6, 6.07) is 17.0. The first-order chi connectivity index (χ1) is 14.0. The lowest BCUT2D eigenvalue weighted by Crippen LogP contribution is -2.10. The zero-order valence-electron chi connectivity index (χ0n) is 15.3. The van der Waals surface area contributed by atoms with Crippen LogP contribution in [-0.2, 0) is 0 Å². The van der Waals surface area contributed by atoms with Gasteiger partial charge in [-0.05, 0) is 48.0 Å². The Morgan fingerprint density at radius 1 is 1.03 bits per heavy atom. The van der Waals surface area contributed by atoms with Crippen molar-refractivity contribution in [2.75, 3.05) is 7.11 Å². The van der Waals surface area contributed by atoms with Crippen LogP contribution in [0.25, 0.3) is 6.08 Å². The highest BCUT2D eigenvalue weighted by Crippen LogP contribution is 2.35. The van der Waals surface area contributed by atoms with Crippen LogP contribution in [-0.4, -0.2) is 18.9 Å². The van der Waals surface area contributed by atoms with Crippen LogP contribution in [0.5, 0.6) is 17.2 Å². The van der Waals surface area contributed by atoms with Crippen molar-refractivity contribution >= 4 is 17.8 Å². The molecule has 0 aliphatic carbocycles. The van der Waals surface area contributed by atoms with Crippen LogP contribution in [0.2, 0.25) is 0 Å². The Morgan fingerprint density at radius 2 is 1.86 bits per heavy atom. The van der Waals surface area contributed by atoms with Crippen molar-refractivity contribution in [1.82, 2.24) is 0 Å². The average Bonchev–Trinajstić information content (AvgIpc) is 3.02. The van der Waals surface area contributed by atoms with Gasteiger partial charge < -0.3 is 14.2 Å². The van der Waals surface area contributed by atoms with Gasteiger partial charge in [0, 0.05) is 6.07 Å². The van der Waals surface area contributed by atoms with E-state index in [1.165, 1.54) is 43.5 Å². The summed E-state index contributed by atoms with van der Waals surface area (Å²) in [5.74, 6) is -0.381. The number of allylic oxidation sites excluding steroid dienone is 1. The summed E-state index contributed by atoms with van der Waals surface area (Å²) in [4.78, 5) is 25.0. The third kappa shape index (κ3) is 3.73. The Balaban J connectivity index is 1.57. The van der Waals surface area contributed by atoms with E-state index in [-0.39, 0.29) is 28.6 Å². The lowest BCUT2D eigenvalue weighted by atomic mass is 10.1. The molecule has 29 heavy (non-hydrogen) atoms. The molecular formula is C23H15FO5. The predicted octanol–water partition coefficient (Wildman–Crippen LogP) is 4.67. The average molecular weight is 390 g/mol. The van der Waals surface area contributed by atoms with Gasteiger partial charge in [0.05, 0.1) is 12.7 Å². The van der Waals surface area contributed by atoms with E-state index in [9.17, 15) is 14.0 Å². The minimum absolute atomic E-state index is 0.0683. The van der Waals surface area contributed by atoms with E-state index >= 15 is 0 Å². The first kappa shape index (κ1) is 18.4. The summed E-state index contributed by atoms with van der Waals surface area (Å²) in [6.45, 7) is 0. The van der Waals surface area contributed by atoms with E-state index < -0.39 is 11.8 Å². The molecule has 3 aromatic carbocycles. The van der Waals surface area contributed by atoms with E-state index in [4.69, 9.17) is 14.2 Å². The first-order valence-corrected chi connectivity index (χ1v) is 8.74. The molecule has 0 fully saturated rings. The summed E-state index contributed by atoms with van der Waals surface area (Å²) < 4.78 is 29.5. The lowest BCUT2D eigenvalue weighted by Gasteiger charge is -2.08. The Hall–Kier alpha value is -3.93. The quantitative estimate of drug-likeness (QED) is 0.368. The molecule has 1 heterocycles. The van der Waals surface area contributed by atoms with Gasteiger partial charge in [0.2, 0.25) is 5.78 Å². The van der Waals surface area contributed by atoms with Gasteiger partial charge in [0.15, 0.2) is 5.76 Å². The predicted molar refractivity (Wildman–Crippen MR) is 104 cm³/mol. The second-order valence-electron chi connectivity index (χ2n) is 6.24. The number of rotatable bonds is 4. The number of ketones is 1. The topological polar surface area (TPSA) is 61.8 Å². The van der Waals surface area contributed by atoms with Crippen molar-refractivity contribution in [3.8, 4) is 17.2 Å². The highest BCUT2D eigenvalue weighted by atomic mass is 19.1. The van der Waals surface area contributed by atoms with Gasteiger partial charge in [-0.2, -0.15) is 0 Å². The van der Waals surface area contributed by atoms with E-state index in [1.54, 1.807) is 36.4 Å². The molecule has 5 nitrogen and oxygen atoms in total. The first-order valence-electron chi connectivity index (χ1n) is 8.74. The summed E-state index contributed by atoms with van der Waals surface area (Å²) in [6.07, 6.45) is 1.46. The standard InChI is InChI=1S/C23H15FO5/c1-27-19-8-3-2-7-18(19)23(26)28-16-9-10-17-20(13-16)29-21(22(17)25)12-14-5-4-6-15(24)11-14/h2-13H,1H3. The minimum atomic E-state index is -0.595. The molecule has 0 N–H and O–H groups in total. The molecule has 0 bridgehead atoms. The van der Waals surface area contributed by atoms with Crippen LogP contribution in [0, 0.1) is 5.82 Å². The fourth-order valence-electron chi connectivity index (χ4n) is 2.95. The number of halogens is 1. The molecule has 1 aliphatic heterocycles. The second-order valence-corrected chi connectivity index (χ2v) is 6.24. The molecule has 0 radical (unpaired) electrons. The smallest absolute Gasteiger partial charge is 0.347 e. The van der Waals surface area contributed by atoms with E-state index in [1.807, 2.05) is 0 Å². The van der Waals surface area contributed by atoms with Gasteiger partial charge in [-0.1, -0.05) is 24.3 Å². The number of para-hydroxylation sites is 1. The van der Waals surface area contributed by atoms with Gasteiger partial charge in [-0.15, -0.1) is 0 Å². The van der Waals surface area contributed by atoms with Crippen molar-refractivity contribution in [3.63, 3.8) is 0 Å². The maximum Gasteiger partial charge on any atom is 0.347 e. The van der Waals surface area contributed by atoms with Crippen LogP contribution < -0.4 is 14.2 Å². The van der Waals surface area contributed by atoms with Crippen molar-refractivity contribution in [2.45, 2.75) is 0 Å². The fourth-order valence-corrected chi connectivity index (χ4v) is 2.95. The molecule has 6 heteroatoms. The van der Waals surface area contributed by atoms with Crippen LogP contribution >= 0.6 is 0 Å². The second kappa shape index (κ2) is 7.59. The van der Waals surface area contributed by atoms with Crippen LogP contribution in [0.4, 0.5) is 4.39 Å². The Labute approximate surface area is 166 Å². The molecule has 0 aromatic heterocycles. The highest BCUT2D eigenvalue weighted by molar-refractivity contribution is 6.14. The molecule has 0 unspecified atom stereocenters. The number of carbonyl (C=O) groups is 2. The van der Waals surface area contributed by atoms with Crippen molar-refractivity contribution in [2.24, 2.45) is 0 Å². The monoisotopic (exact) mass is 390 g/mol. The van der Waals surface area contributed by atoms with Crippen molar-refractivity contribution in [3.05, 3.63) is 95.0 Å². The number of esters is 1. The summed E-state index contributed by atoms with van der Waals surface area (Å²) in [7, 11) is 1.47. The molecule has 144 valence electrons. The molecule has 3 aromatic rings. The summed E-state index contributed by atoms with van der Waals surface area (Å²) in [5.41, 5.74) is 1.12. The van der Waals surface area contributed by atoms with E-state index in [2.05, 4.69) is 0 Å². The van der Waals surface area contributed by atoms with Gasteiger partial charge in [-0.3, -0.25) is 4.79 Å².